The van der Waals surface area contributed by atoms with E-state index in [1.165, 1.54) is 0 Å². The van der Waals surface area contributed by atoms with Crippen LogP contribution in [0.15, 0.2) is 23.1 Å². The Bertz CT molecular complexity index is 576. The van der Waals surface area contributed by atoms with Gasteiger partial charge in [0.1, 0.15) is 16.8 Å². The minimum Gasteiger partial charge on any atom is -0.480 e. The van der Waals surface area contributed by atoms with E-state index in [2.05, 4.69) is 0 Å². The lowest BCUT2D eigenvalue weighted by Crippen LogP contribution is -2.40. The molecule has 1 aromatic rings. The van der Waals surface area contributed by atoms with Gasteiger partial charge in [0.15, 0.2) is 0 Å². The van der Waals surface area contributed by atoms with Gasteiger partial charge in [0.2, 0.25) is 10.0 Å². The quantitative estimate of drug-likeness (QED) is 0.842. The lowest BCUT2D eigenvalue weighted by Gasteiger charge is -2.14. The number of nitrogens with one attached hydrogen (secondary N) is 1. The Hall–Kier alpha value is -1.18. The highest BCUT2D eigenvalue weighted by Crippen LogP contribution is 2.22. The summed E-state index contributed by atoms with van der Waals surface area (Å²) in [6, 6.07) is 1.59. The summed E-state index contributed by atoms with van der Waals surface area (Å²) >= 11 is 5.69. The summed E-state index contributed by atoms with van der Waals surface area (Å²) in [6.45, 7) is 1.72. The van der Waals surface area contributed by atoms with Crippen LogP contribution in [0.1, 0.15) is 19.8 Å². The molecule has 5 nitrogen and oxygen atoms in total. The van der Waals surface area contributed by atoms with Gasteiger partial charge in [-0.25, -0.2) is 12.8 Å². The highest BCUT2D eigenvalue weighted by atomic mass is 35.5. The van der Waals surface area contributed by atoms with Crippen LogP contribution in [0.3, 0.4) is 0 Å². The summed E-state index contributed by atoms with van der Waals surface area (Å²) in [5, 5.41) is 8.73. The molecule has 1 unspecified atom stereocenters. The Morgan fingerprint density at radius 1 is 1.53 bits per heavy atom. The molecule has 0 fully saturated rings. The molecule has 0 aliphatic rings. The molecule has 0 saturated carbocycles. The fraction of sp³-hybridized carbons (Fsp3) is 0.364. The maximum Gasteiger partial charge on any atom is 0.321 e. The number of sulfonamides is 1. The smallest absolute Gasteiger partial charge is 0.321 e. The zero-order valence-electron chi connectivity index (χ0n) is 10.1. The molecule has 19 heavy (non-hydrogen) atoms. The van der Waals surface area contributed by atoms with Gasteiger partial charge in [-0.15, -0.1) is 0 Å². The Morgan fingerprint density at radius 3 is 2.68 bits per heavy atom. The minimum atomic E-state index is -4.18. The molecule has 0 aliphatic heterocycles. The fourth-order valence-corrected chi connectivity index (χ4v) is 3.19. The summed E-state index contributed by atoms with van der Waals surface area (Å²) in [5.41, 5.74) is 0. The molecule has 2 N–H and O–H groups in total. The summed E-state index contributed by atoms with van der Waals surface area (Å²) in [6.07, 6.45) is 0.609. The SMILES string of the molecule is CCCC(NS(=O)(=O)c1cc(F)ccc1Cl)C(=O)O. The first-order chi connectivity index (χ1) is 8.77. The zero-order chi connectivity index (χ0) is 14.6. The summed E-state index contributed by atoms with van der Waals surface area (Å²) < 4.78 is 39.0. The molecular weight excluding hydrogens is 297 g/mol. The van der Waals surface area contributed by atoms with Crippen molar-refractivity contribution in [3.63, 3.8) is 0 Å². The standard InChI is InChI=1S/C11H13ClFNO4S/c1-2-3-9(11(15)16)14-19(17,18)10-6-7(13)4-5-8(10)12/h4-6,9,14H,2-3H2,1H3,(H,15,16). The summed E-state index contributed by atoms with van der Waals surface area (Å²) in [4.78, 5) is 10.4. The number of benzene rings is 1. The molecular formula is C11H13ClFNO4S. The van der Waals surface area contributed by atoms with Crippen molar-refractivity contribution in [2.45, 2.75) is 30.7 Å². The molecule has 106 valence electrons. The lowest BCUT2D eigenvalue weighted by atomic mass is 10.2. The van der Waals surface area contributed by atoms with Gasteiger partial charge < -0.3 is 5.11 Å². The second-order valence-corrected chi connectivity index (χ2v) is 5.97. The Kier molecular flexibility index (Phi) is 5.28. The fourth-order valence-electron chi connectivity index (χ4n) is 1.46. The molecule has 0 spiro atoms. The topological polar surface area (TPSA) is 83.5 Å². The molecule has 0 heterocycles. The van der Waals surface area contributed by atoms with Gasteiger partial charge in [-0.3, -0.25) is 4.79 Å². The second-order valence-electron chi connectivity index (χ2n) is 3.88. The van der Waals surface area contributed by atoms with Gasteiger partial charge in [-0.1, -0.05) is 24.9 Å². The Labute approximate surface area is 115 Å². The average Bonchev–Trinajstić information content (AvgIpc) is 2.31. The average molecular weight is 310 g/mol. The van der Waals surface area contributed by atoms with Crippen LogP contribution in [-0.4, -0.2) is 25.5 Å². The van der Waals surface area contributed by atoms with Crippen molar-refractivity contribution in [1.29, 1.82) is 0 Å². The van der Waals surface area contributed by atoms with E-state index in [9.17, 15) is 17.6 Å². The van der Waals surface area contributed by atoms with Gasteiger partial charge in [0.25, 0.3) is 0 Å². The third-order valence-electron chi connectivity index (χ3n) is 2.36. The number of carboxylic acids is 1. The van der Waals surface area contributed by atoms with Crippen LogP contribution < -0.4 is 4.72 Å². The molecule has 1 atom stereocenters. The molecule has 8 heteroatoms. The van der Waals surface area contributed by atoms with Gasteiger partial charge in [-0.2, -0.15) is 4.72 Å². The number of hydrogen-bond acceptors (Lipinski definition) is 3. The van der Waals surface area contributed by atoms with E-state index in [1.807, 2.05) is 4.72 Å². The predicted octanol–water partition coefficient (Wildman–Crippen LogP) is 2.01. The van der Waals surface area contributed by atoms with E-state index in [0.717, 1.165) is 18.2 Å². The monoisotopic (exact) mass is 309 g/mol. The molecule has 0 bridgehead atoms. The molecule has 1 rings (SSSR count). The number of carbonyl (C=O) groups is 1. The van der Waals surface area contributed by atoms with Crippen LogP contribution in [0.2, 0.25) is 5.02 Å². The van der Waals surface area contributed by atoms with E-state index in [0.29, 0.717) is 6.42 Å². The number of aliphatic carboxylic acids is 1. The maximum atomic E-state index is 13.1. The van der Waals surface area contributed by atoms with Crippen molar-refractivity contribution in [3.8, 4) is 0 Å². The predicted molar refractivity (Wildman–Crippen MR) is 68.1 cm³/mol. The van der Waals surface area contributed by atoms with E-state index in [1.54, 1.807) is 6.92 Å². The normalized spacial score (nSPS) is 13.2. The van der Waals surface area contributed by atoms with E-state index in [-0.39, 0.29) is 11.4 Å². The third-order valence-corrected chi connectivity index (χ3v) is 4.31. The van der Waals surface area contributed by atoms with Crippen LogP contribution in [-0.2, 0) is 14.8 Å². The molecule has 0 saturated heterocycles. The van der Waals surface area contributed by atoms with E-state index >= 15 is 0 Å². The molecule has 0 aromatic heterocycles. The number of halogens is 2. The maximum absolute atomic E-state index is 13.1. The molecule has 1 aromatic carbocycles. The van der Waals surface area contributed by atoms with Crippen molar-refractivity contribution in [3.05, 3.63) is 29.0 Å². The van der Waals surface area contributed by atoms with Crippen molar-refractivity contribution in [2.75, 3.05) is 0 Å². The first-order valence-corrected chi connectivity index (χ1v) is 7.34. The van der Waals surface area contributed by atoms with E-state index < -0.39 is 32.7 Å². The zero-order valence-corrected chi connectivity index (χ0v) is 11.6. The highest BCUT2D eigenvalue weighted by Gasteiger charge is 2.26. The van der Waals surface area contributed by atoms with Crippen LogP contribution in [0, 0.1) is 5.82 Å². The van der Waals surface area contributed by atoms with Crippen molar-refractivity contribution >= 4 is 27.6 Å². The molecule has 0 radical (unpaired) electrons. The van der Waals surface area contributed by atoms with Crippen LogP contribution in [0.25, 0.3) is 0 Å². The number of carboxylic acid groups (broad SMARTS) is 1. The van der Waals surface area contributed by atoms with Gasteiger partial charge in [0.05, 0.1) is 5.02 Å². The highest BCUT2D eigenvalue weighted by molar-refractivity contribution is 7.89. The minimum absolute atomic E-state index is 0.126. The summed E-state index contributed by atoms with van der Waals surface area (Å²) in [5.74, 6) is -2.06. The van der Waals surface area contributed by atoms with E-state index in [4.69, 9.17) is 16.7 Å². The first kappa shape index (κ1) is 15.9. The Balaban J connectivity index is 3.10. The van der Waals surface area contributed by atoms with Gasteiger partial charge in [-0.05, 0) is 24.6 Å². The van der Waals surface area contributed by atoms with Gasteiger partial charge >= 0.3 is 5.97 Å². The molecule has 0 aliphatic carbocycles. The summed E-state index contributed by atoms with van der Waals surface area (Å²) in [7, 11) is -4.18. The van der Waals surface area contributed by atoms with Crippen molar-refractivity contribution < 1.29 is 22.7 Å². The van der Waals surface area contributed by atoms with Crippen LogP contribution >= 0.6 is 11.6 Å². The van der Waals surface area contributed by atoms with Crippen molar-refractivity contribution in [1.82, 2.24) is 4.72 Å². The van der Waals surface area contributed by atoms with Crippen molar-refractivity contribution in [2.24, 2.45) is 0 Å². The van der Waals surface area contributed by atoms with Gasteiger partial charge in [0, 0.05) is 0 Å². The number of rotatable bonds is 6. The third kappa shape index (κ3) is 4.15. The van der Waals surface area contributed by atoms with Crippen LogP contribution in [0.4, 0.5) is 4.39 Å². The largest absolute Gasteiger partial charge is 0.480 e. The lowest BCUT2D eigenvalue weighted by molar-refractivity contribution is -0.139. The first-order valence-electron chi connectivity index (χ1n) is 5.48. The van der Waals surface area contributed by atoms with Crippen LogP contribution in [0.5, 0.6) is 0 Å². The Morgan fingerprint density at radius 2 is 2.16 bits per heavy atom. The molecule has 0 amide bonds. The number of hydrogen-bond donors (Lipinski definition) is 2. The second kappa shape index (κ2) is 6.31.